The van der Waals surface area contributed by atoms with Gasteiger partial charge in [0.2, 0.25) is 11.9 Å². The number of carbonyl (C=O) groups excluding carboxylic acids is 2. The van der Waals surface area contributed by atoms with Gasteiger partial charge in [0.1, 0.15) is 14.4 Å². The molecule has 2 heterocycles. The largest absolute Gasteiger partial charge is 0.325 e. The summed E-state index contributed by atoms with van der Waals surface area (Å²) in [5.74, 6) is -1.30. The normalized spacial score (nSPS) is 13.1. The highest BCUT2D eigenvalue weighted by atomic mass is 19.1. The highest BCUT2D eigenvalue weighted by Gasteiger charge is 2.28. The molecule has 0 saturated carbocycles. The number of rotatable bonds is 3. The van der Waals surface area contributed by atoms with E-state index in [9.17, 15) is 14.0 Å². The van der Waals surface area contributed by atoms with Crippen LogP contribution in [0.4, 0.5) is 10.3 Å². The molecule has 8 heteroatoms. The van der Waals surface area contributed by atoms with Crippen LogP contribution in [0.25, 0.3) is 0 Å². The van der Waals surface area contributed by atoms with Crippen LogP contribution in [-0.2, 0) is 11.3 Å². The SMILES string of the molecule is [B]c1ccc2c(c1)CN(CC(=O)Nc1ncc(F)cn1)C2=O.[HH]. The summed E-state index contributed by atoms with van der Waals surface area (Å²) in [4.78, 5) is 32.7. The fourth-order valence-corrected chi connectivity index (χ4v) is 2.24. The molecule has 6 nitrogen and oxygen atoms in total. The molecular formula is C14H12BFN4O2. The Morgan fingerprint density at radius 1 is 1.41 bits per heavy atom. The minimum atomic E-state index is -0.597. The van der Waals surface area contributed by atoms with Gasteiger partial charge in [-0.3, -0.25) is 14.9 Å². The standard InChI is InChI=1S/C14H10BFN4O2.H2/c15-9-1-2-11-8(3-9)6-20(13(11)22)7-12(21)19-14-17-4-10(16)5-18-14;/h1-5H,6-7H2,(H,17,18,19,21);1H. The molecule has 0 unspecified atom stereocenters. The van der Waals surface area contributed by atoms with Gasteiger partial charge in [0, 0.05) is 13.5 Å². The lowest BCUT2D eigenvalue weighted by molar-refractivity contribution is -0.117. The van der Waals surface area contributed by atoms with Gasteiger partial charge in [-0.1, -0.05) is 17.6 Å². The van der Waals surface area contributed by atoms with Crippen molar-refractivity contribution in [2.75, 3.05) is 11.9 Å². The van der Waals surface area contributed by atoms with Crippen molar-refractivity contribution < 1.29 is 15.4 Å². The predicted octanol–water partition coefficient (Wildman–Crippen LogP) is 0.250. The van der Waals surface area contributed by atoms with Crippen molar-refractivity contribution in [1.29, 1.82) is 0 Å². The van der Waals surface area contributed by atoms with Crippen LogP contribution >= 0.6 is 0 Å². The Hall–Kier alpha value is -2.77. The smallest absolute Gasteiger partial charge is 0.254 e. The topological polar surface area (TPSA) is 75.2 Å². The molecule has 1 aromatic heterocycles. The molecule has 0 fully saturated rings. The van der Waals surface area contributed by atoms with Gasteiger partial charge in [-0.15, -0.1) is 0 Å². The van der Waals surface area contributed by atoms with E-state index in [2.05, 4.69) is 15.3 Å². The zero-order valence-electron chi connectivity index (χ0n) is 11.4. The Kier molecular flexibility index (Phi) is 3.58. The average Bonchev–Trinajstić information content (AvgIpc) is 2.77. The molecule has 1 aliphatic heterocycles. The number of hydrogen-bond donors (Lipinski definition) is 1. The van der Waals surface area contributed by atoms with Gasteiger partial charge in [-0.2, -0.15) is 0 Å². The minimum Gasteiger partial charge on any atom is -0.325 e. The highest BCUT2D eigenvalue weighted by molar-refractivity contribution is 6.32. The number of nitrogens with one attached hydrogen (secondary N) is 1. The van der Waals surface area contributed by atoms with E-state index in [1.807, 2.05) is 0 Å². The molecule has 1 aromatic carbocycles. The maximum absolute atomic E-state index is 12.7. The van der Waals surface area contributed by atoms with E-state index in [1.54, 1.807) is 18.2 Å². The second-order valence-electron chi connectivity index (χ2n) is 4.85. The van der Waals surface area contributed by atoms with Crippen molar-refractivity contribution in [2.24, 2.45) is 0 Å². The van der Waals surface area contributed by atoms with Crippen molar-refractivity contribution >= 4 is 31.1 Å². The molecule has 0 atom stereocenters. The second kappa shape index (κ2) is 5.55. The third-order valence-electron chi connectivity index (χ3n) is 3.21. The Labute approximate surface area is 128 Å². The lowest BCUT2D eigenvalue weighted by atomic mass is 9.93. The van der Waals surface area contributed by atoms with E-state index in [0.717, 1.165) is 18.0 Å². The zero-order chi connectivity index (χ0) is 15.7. The van der Waals surface area contributed by atoms with Gasteiger partial charge in [-0.05, 0) is 11.6 Å². The summed E-state index contributed by atoms with van der Waals surface area (Å²) in [5.41, 5.74) is 1.90. The van der Waals surface area contributed by atoms with Crippen LogP contribution in [-0.4, -0.2) is 41.1 Å². The summed E-state index contributed by atoms with van der Waals surface area (Å²) in [7, 11) is 5.68. The number of amides is 2. The predicted molar refractivity (Wildman–Crippen MR) is 79.3 cm³/mol. The first kappa shape index (κ1) is 14.2. The monoisotopic (exact) mass is 298 g/mol. The molecular weight excluding hydrogens is 286 g/mol. The first-order valence-corrected chi connectivity index (χ1v) is 6.48. The Bertz CT molecular complexity index is 757. The maximum Gasteiger partial charge on any atom is 0.254 e. The van der Waals surface area contributed by atoms with E-state index >= 15 is 0 Å². The van der Waals surface area contributed by atoms with Gasteiger partial charge in [-0.25, -0.2) is 14.4 Å². The van der Waals surface area contributed by atoms with Crippen LogP contribution in [0.3, 0.4) is 0 Å². The molecule has 1 N–H and O–H groups in total. The van der Waals surface area contributed by atoms with Crippen LogP contribution in [0.1, 0.15) is 17.3 Å². The third-order valence-corrected chi connectivity index (χ3v) is 3.21. The Balaban J connectivity index is 0.00000192. The van der Waals surface area contributed by atoms with Crippen molar-refractivity contribution in [3.8, 4) is 0 Å². The van der Waals surface area contributed by atoms with Crippen LogP contribution < -0.4 is 10.8 Å². The van der Waals surface area contributed by atoms with Crippen molar-refractivity contribution in [1.82, 2.24) is 14.9 Å². The zero-order valence-corrected chi connectivity index (χ0v) is 11.4. The van der Waals surface area contributed by atoms with E-state index in [-0.39, 0.29) is 19.8 Å². The number of fused-ring (bicyclic) bond motifs is 1. The quantitative estimate of drug-likeness (QED) is 0.824. The molecule has 2 amide bonds. The van der Waals surface area contributed by atoms with Crippen molar-refractivity contribution in [2.45, 2.75) is 6.54 Å². The first-order valence-electron chi connectivity index (χ1n) is 6.48. The van der Waals surface area contributed by atoms with E-state index in [4.69, 9.17) is 7.85 Å². The summed E-state index contributed by atoms with van der Waals surface area (Å²) >= 11 is 0. The van der Waals surface area contributed by atoms with Gasteiger partial charge in [0.15, 0.2) is 5.82 Å². The number of benzene rings is 1. The number of anilines is 1. The average molecular weight is 298 g/mol. The summed E-state index contributed by atoms with van der Waals surface area (Å²) in [5, 5.41) is 2.41. The van der Waals surface area contributed by atoms with Crippen LogP contribution in [0.2, 0.25) is 0 Å². The molecule has 0 aliphatic carbocycles. The Morgan fingerprint density at radius 2 is 2.14 bits per heavy atom. The molecule has 0 bridgehead atoms. The summed E-state index contributed by atoms with van der Waals surface area (Å²) in [6, 6.07) is 5.01. The van der Waals surface area contributed by atoms with Crippen LogP contribution in [0, 0.1) is 5.82 Å². The van der Waals surface area contributed by atoms with Gasteiger partial charge in [0.05, 0.1) is 12.4 Å². The van der Waals surface area contributed by atoms with Crippen molar-refractivity contribution in [3.63, 3.8) is 0 Å². The number of halogens is 1. The summed E-state index contributed by atoms with van der Waals surface area (Å²) in [6.07, 6.45) is 1.89. The highest BCUT2D eigenvalue weighted by Crippen LogP contribution is 2.21. The van der Waals surface area contributed by atoms with Crippen molar-refractivity contribution in [3.05, 3.63) is 47.5 Å². The third kappa shape index (κ3) is 2.81. The molecule has 0 saturated heterocycles. The maximum atomic E-state index is 12.7. The molecule has 22 heavy (non-hydrogen) atoms. The molecule has 110 valence electrons. The summed E-state index contributed by atoms with van der Waals surface area (Å²) < 4.78 is 12.7. The van der Waals surface area contributed by atoms with Crippen LogP contribution in [0.5, 0.6) is 0 Å². The number of nitrogens with zero attached hydrogens (tertiary/aromatic N) is 3. The first-order chi connectivity index (χ1) is 10.5. The molecule has 0 spiro atoms. The molecule has 2 radical (unpaired) electrons. The van der Waals surface area contributed by atoms with E-state index < -0.39 is 11.7 Å². The number of aromatic nitrogens is 2. The number of hydrogen-bond acceptors (Lipinski definition) is 4. The lowest BCUT2D eigenvalue weighted by Crippen LogP contribution is -2.33. The van der Waals surface area contributed by atoms with E-state index in [0.29, 0.717) is 17.6 Å². The van der Waals surface area contributed by atoms with Gasteiger partial charge >= 0.3 is 0 Å². The molecule has 1 aliphatic rings. The lowest BCUT2D eigenvalue weighted by Gasteiger charge is -2.14. The van der Waals surface area contributed by atoms with Gasteiger partial charge in [0.25, 0.3) is 5.91 Å². The Morgan fingerprint density at radius 3 is 2.86 bits per heavy atom. The van der Waals surface area contributed by atoms with Crippen LogP contribution in [0.15, 0.2) is 30.6 Å². The van der Waals surface area contributed by atoms with E-state index in [1.165, 1.54) is 4.90 Å². The van der Waals surface area contributed by atoms with Gasteiger partial charge < -0.3 is 4.90 Å². The minimum absolute atomic E-state index is 0. The molecule has 3 rings (SSSR count). The fourth-order valence-electron chi connectivity index (χ4n) is 2.24. The second-order valence-corrected chi connectivity index (χ2v) is 4.85. The fraction of sp³-hybridized carbons (Fsp3) is 0.143. The number of carbonyl (C=O) groups is 2. The molecule has 2 aromatic rings. The summed E-state index contributed by atoms with van der Waals surface area (Å²) in [6.45, 7) is 0.172.